The number of hydrogen-bond acceptors (Lipinski definition) is 4. The number of carbonyl (C=O) groups excluding carboxylic acids is 1. The van der Waals surface area contributed by atoms with Crippen molar-refractivity contribution in [2.75, 3.05) is 19.0 Å². The van der Waals surface area contributed by atoms with Gasteiger partial charge in [0, 0.05) is 12.1 Å². The monoisotopic (exact) mass is 294 g/mol. The maximum atomic E-state index is 13.8. The highest BCUT2D eigenvalue weighted by atomic mass is 19.1. The molecule has 0 saturated carbocycles. The molecular formula is C16H23FN2O2. The number of rotatable bonds is 5. The predicted octanol–water partition coefficient (Wildman–Crippen LogP) is 2.94. The summed E-state index contributed by atoms with van der Waals surface area (Å²) in [5.41, 5.74) is 0.700. The minimum Gasteiger partial charge on any atom is -0.465 e. The molecule has 1 aliphatic rings. The molecule has 2 atom stereocenters. The predicted molar refractivity (Wildman–Crippen MR) is 81.1 cm³/mol. The van der Waals surface area contributed by atoms with Crippen LogP contribution < -0.4 is 10.6 Å². The van der Waals surface area contributed by atoms with Gasteiger partial charge in [-0.1, -0.05) is 6.42 Å². The van der Waals surface area contributed by atoms with Crippen molar-refractivity contribution in [1.29, 1.82) is 0 Å². The molecule has 116 valence electrons. The molecule has 1 aromatic carbocycles. The van der Waals surface area contributed by atoms with Crippen LogP contribution >= 0.6 is 0 Å². The van der Waals surface area contributed by atoms with Crippen LogP contribution in [0, 0.1) is 5.82 Å². The fourth-order valence-electron chi connectivity index (χ4n) is 2.76. The molecule has 0 aliphatic carbocycles. The molecule has 1 heterocycles. The van der Waals surface area contributed by atoms with E-state index in [0.717, 1.165) is 19.4 Å². The van der Waals surface area contributed by atoms with Crippen LogP contribution in [0.2, 0.25) is 0 Å². The smallest absolute Gasteiger partial charge is 0.337 e. The normalized spacial score (nSPS) is 19.9. The standard InChI is InChI=1S/C16H23FN2O2/c1-11(9-13-5-3-4-8-18-13)19-15-10-12(16(20)21-2)6-7-14(15)17/h6-7,10-11,13,18-19H,3-5,8-9H2,1-2H3. The molecule has 2 rings (SSSR count). The van der Waals surface area contributed by atoms with Gasteiger partial charge in [-0.25, -0.2) is 9.18 Å². The summed E-state index contributed by atoms with van der Waals surface area (Å²) in [7, 11) is 1.32. The van der Waals surface area contributed by atoms with Gasteiger partial charge in [0.2, 0.25) is 0 Å². The third-order valence-electron chi connectivity index (χ3n) is 3.84. The van der Waals surface area contributed by atoms with Crippen molar-refractivity contribution < 1.29 is 13.9 Å². The van der Waals surface area contributed by atoms with Gasteiger partial charge in [-0.15, -0.1) is 0 Å². The Morgan fingerprint density at radius 1 is 1.52 bits per heavy atom. The van der Waals surface area contributed by atoms with Crippen molar-refractivity contribution in [2.24, 2.45) is 0 Å². The largest absolute Gasteiger partial charge is 0.465 e. The zero-order valence-electron chi connectivity index (χ0n) is 12.6. The third-order valence-corrected chi connectivity index (χ3v) is 3.84. The summed E-state index contributed by atoms with van der Waals surface area (Å²) in [6.45, 7) is 3.09. The van der Waals surface area contributed by atoms with Crippen LogP contribution in [0.5, 0.6) is 0 Å². The molecule has 0 amide bonds. The highest BCUT2D eigenvalue weighted by Gasteiger charge is 2.17. The van der Waals surface area contributed by atoms with Gasteiger partial charge in [-0.2, -0.15) is 0 Å². The number of benzene rings is 1. The number of piperidine rings is 1. The van der Waals surface area contributed by atoms with E-state index in [-0.39, 0.29) is 11.9 Å². The van der Waals surface area contributed by atoms with Gasteiger partial charge in [-0.3, -0.25) is 0 Å². The number of ether oxygens (including phenoxy) is 1. The number of nitrogens with one attached hydrogen (secondary N) is 2. The molecule has 0 aromatic heterocycles. The number of methoxy groups -OCH3 is 1. The van der Waals surface area contributed by atoms with Crippen molar-refractivity contribution in [3.8, 4) is 0 Å². The van der Waals surface area contributed by atoms with Crippen molar-refractivity contribution in [3.63, 3.8) is 0 Å². The van der Waals surface area contributed by atoms with E-state index in [1.54, 1.807) is 0 Å². The van der Waals surface area contributed by atoms with E-state index in [0.29, 0.717) is 17.3 Å². The Kier molecular flexibility index (Phi) is 5.56. The van der Waals surface area contributed by atoms with Crippen molar-refractivity contribution >= 4 is 11.7 Å². The first kappa shape index (κ1) is 15.8. The summed E-state index contributed by atoms with van der Waals surface area (Å²) >= 11 is 0. The SMILES string of the molecule is COC(=O)c1ccc(F)c(NC(C)CC2CCCCN2)c1. The lowest BCUT2D eigenvalue weighted by Crippen LogP contribution is -2.37. The quantitative estimate of drug-likeness (QED) is 0.820. The van der Waals surface area contributed by atoms with Gasteiger partial charge in [0.15, 0.2) is 0 Å². The molecular weight excluding hydrogens is 271 g/mol. The van der Waals surface area contributed by atoms with Crippen molar-refractivity contribution in [1.82, 2.24) is 5.32 Å². The van der Waals surface area contributed by atoms with E-state index >= 15 is 0 Å². The zero-order chi connectivity index (χ0) is 15.2. The van der Waals surface area contributed by atoms with E-state index in [1.165, 1.54) is 38.2 Å². The molecule has 1 aromatic rings. The molecule has 5 heteroatoms. The van der Waals surface area contributed by atoms with Crippen LogP contribution in [-0.2, 0) is 4.74 Å². The van der Waals surface area contributed by atoms with Crippen LogP contribution in [0.4, 0.5) is 10.1 Å². The molecule has 1 aliphatic heterocycles. The van der Waals surface area contributed by atoms with Gasteiger partial charge in [0.25, 0.3) is 0 Å². The van der Waals surface area contributed by atoms with Gasteiger partial charge < -0.3 is 15.4 Å². The molecule has 2 unspecified atom stereocenters. The third kappa shape index (κ3) is 4.43. The first-order chi connectivity index (χ1) is 10.1. The minimum atomic E-state index is -0.459. The second-order valence-electron chi connectivity index (χ2n) is 5.61. The lowest BCUT2D eigenvalue weighted by molar-refractivity contribution is 0.0600. The second-order valence-corrected chi connectivity index (χ2v) is 5.61. The Labute approximate surface area is 125 Å². The lowest BCUT2D eigenvalue weighted by Gasteiger charge is -2.27. The van der Waals surface area contributed by atoms with Gasteiger partial charge in [0.1, 0.15) is 5.82 Å². The summed E-state index contributed by atoms with van der Waals surface area (Å²) in [6.07, 6.45) is 4.57. The summed E-state index contributed by atoms with van der Waals surface area (Å²) < 4.78 is 18.5. The van der Waals surface area contributed by atoms with Crippen molar-refractivity contribution in [3.05, 3.63) is 29.6 Å². The molecule has 0 radical (unpaired) electrons. The van der Waals surface area contributed by atoms with Crippen LogP contribution in [-0.4, -0.2) is 31.7 Å². The van der Waals surface area contributed by atoms with E-state index < -0.39 is 5.97 Å². The van der Waals surface area contributed by atoms with E-state index in [9.17, 15) is 9.18 Å². The van der Waals surface area contributed by atoms with Crippen LogP contribution in [0.25, 0.3) is 0 Å². The lowest BCUT2D eigenvalue weighted by atomic mass is 9.98. The molecule has 1 fully saturated rings. The molecule has 2 N–H and O–H groups in total. The summed E-state index contributed by atoms with van der Waals surface area (Å²) in [4.78, 5) is 11.5. The summed E-state index contributed by atoms with van der Waals surface area (Å²) in [5.74, 6) is -0.814. The summed E-state index contributed by atoms with van der Waals surface area (Å²) in [5, 5.41) is 6.64. The van der Waals surface area contributed by atoms with E-state index in [4.69, 9.17) is 0 Å². The number of hydrogen-bond donors (Lipinski definition) is 2. The molecule has 1 saturated heterocycles. The second kappa shape index (κ2) is 7.41. The number of esters is 1. The Bertz CT molecular complexity index is 487. The fourth-order valence-corrected chi connectivity index (χ4v) is 2.76. The topological polar surface area (TPSA) is 50.4 Å². The van der Waals surface area contributed by atoms with Gasteiger partial charge in [0.05, 0.1) is 18.4 Å². The molecule has 21 heavy (non-hydrogen) atoms. The number of anilines is 1. The maximum Gasteiger partial charge on any atom is 0.337 e. The Hall–Kier alpha value is -1.62. The summed E-state index contributed by atoms with van der Waals surface area (Å²) in [6, 6.07) is 4.84. The number of carbonyl (C=O) groups is 1. The Morgan fingerprint density at radius 2 is 2.33 bits per heavy atom. The Morgan fingerprint density at radius 3 is 3.00 bits per heavy atom. The molecule has 0 bridgehead atoms. The van der Waals surface area contributed by atoms with Crippen LogP contribution in [0.15, 0.2) is 18.2 Å². The number of halogens is 1. The van der Waals surface area contributed by atoms with Crippen molar-refractivity contribution in [2.45, 2.75) is 44.7 Å². The highest BCUT2D eigenvalue weighted by molar-refractivity contribution is 5.90. The van der Waals surface area contributed by atoms with E-state index in [2.05, 4.69) is 15.4 Å². The average Bonchev–Trinajstić information content (AvgIpc) is 2.49. The Balaban J connectivity index is 1.98. The average molecular weight is 294 g/mol. The van der Waals surface area contributed by atoms with Crippen LogP contribution in [0.1, 0.15) is 43.0 Å². The zero-order valence-corrected chi connectivity index (χ0v) is 12.6. The van der Waals surface area contributed by atoms with Gasteiger partial charge >= 0.3 is 5.97 Å². The first-order valence-corrected chi connectivity index (χ1v) is 7.48. The molecule has 0 spiro atoms. The highest BCUT2D eigenvalue weighted by Crippen LogP contribution is 2.20. The van der Waals surface area contributed by atoms with E-state index in [1.807, 2.05) is 6.92 Å². The maximum absolute atomic E-state index is 13.8. The minimum absolute atomic E-state index is 0.128. The van der Waals surface area contributed by atoms with Crippen LogP contribution in [0.3, 0.4) is 0 Å². The molecule has 4 nitrogen and oxygen atoms in total. The first-order valence-electron chi connectivity index (χ1n) is 7.48. The van der Waals surface area contributed by atoms with Gasteiger partial charge in [-0.05, 0) is 50.9 Å². The fraction of sp³-hybridized carbons (Fsp3) is 0.562.